The Kier molecular flexibility index (Phi) is 5.91. The van der Waals surface area contributed by atoms with Crippen molar-refractivity contribution in [2.24, 2.45) is 0 Å². The Bertz CT molecular complexity index is 1060. The van der Waals surface area contributed by atoms with Gasteiger partial charge in [0, 0.05) is 35.7 Å². The number of rotatable bonds is 4. The van der Waals surface area contributed by atoms with Gasteiger partial charge in [0.15, 0.2) is 0 Å². The molecule has 164 valence electrons. The first-order valence-corrected chi connectivity index (χ1v) is 11.3. The third-order valence-electron chi connectivity index (χ3n) is 4.84. The van der Waals surface area contributed by atoms with E-state index < -0.39 is 26.4 Å². The van der Waals surface area contributed by atoms with E-state index in [0.29, 0.717) is 25.6 Å². The summed E-state index contributed by atoms with van der Waals surface area (Å²) in [7, 11) is 1.42. The number of alkyl halides is 3. The number of β-amino-alcohol motifs (C(OH)–C–C–N with tert-alkyl or cyclic N) is 1. The number of hydrogen-bond donors (Lipinski definition) is 2. The Labute approximate surface area is 176 Å². The van der Waals surface area contributed by atoms with Gasteiger partial charge in [0.1, 0.15) is 11.4 Å². The van der Waals surface area contributed by atoms with Crippen molar-refractivity contribution in [3.63, 3.8) is 0 Å². The Morgan fingerprint density at radius 1 is 1.33 bits per heavy atom. The normalized spacial score (nSPS) is 20.3. The quantitative estimate of drug-likeness (QED) is 0.664. The first-order valence-electron chi connectivity index (χ1n) is 9.01. The van der Waals surface area contributed by atoms with Crippen molar-refractivity contribution in [1.29, 1.82) is 0 Å². The van der Waals surface area contributed by atoms with E-state index in [1.54, 1.807) is 6.92 Å². The van der Waals surface area contributed by atoms with E-state index in [0.717, 1.165) is 0 Å². The van der Waals surface area contributed by atoms with Crippen LogP contribution in [0.5, 0.6) is 0 Å². The van der Waals surface area contributed by atoms with E-state index in [1.165, 1.54) is 30.0 Å². The van der Waals surface area contributed by atoms with Gasteiger partial charge >= 0.3 is 6.18 Å². The Balaban J connectivity index is 2.02. The summed E-state index contributed by atoms with van der Waals surface area (Å²) in [5, 5.41) is 13.1. The van der Waals surface area contributed by atoms with Crippen molar-refractivity contribution in [2.75, 3.05) is 23.3 Å². The van der Waals surface area contributed by atoms with Gasteiger partial charge in [0.2, 0.25) is 5.95 Å². The molecule has 7 nitrogen and oxygen atoms in total. The number of aromatic nitrogens is 2. The Morgan fingerprint density at radius 3 is 2.63 bits per heavy atom. The molecule has 1 aromatic carbocycles. The summed E-state index contributed by atoms with van der Waals surface area (Å²) in [6.45, 7) is 3.36. The minimum absolute atomic E-state index is 0.00840. The van der Waals surface area contributed by atoms with Crippen molar-refractivity contribution in [3.05, 3.63) is 35.5 Å². The fourth-order valence-electron chi connectivity index (χ4n) is 3.41. The van der Waals surface area contributed by atoms with E-state index >= 15 is 0 Å². The largest absolute Gasteiger partial charge is 0.421 e. The maximum Gasteiger partial charge on any atom is 0.421 e. The number of aliphatic hydroxyl groups is 1. The van der Waals surface area contributed by atoms with Gasteiger partial charge in [0.05, 0.1) is 10.5 Å². The van der Waals surface area contributed by atoms with E-state index in [2.05, 4.69) is 15.3 Å². The highest BCUT2D eigenvalue weighted by atomic mass is 35.7. The van der Waals surface area contributed by atoms with Crippen LogP contribution in [0.15, 0.2) is 29.3 Å². The van der Waals surface area contributed by atoms with Crippen molar-refractivity contribution in [3.8, 4) is 0 Å². The summed E-state index contributed by atoms with van der Waals surface area (Å²) < 4.78 is 64.0. The van der Waals surface area contributed by atoms with Gasteiger partial charge < -0.3 is 15.3 Å². The number of hydrogen-bond acceptors (Lipinski definition) is 7. The van der Waals surface area contributed by atoms with Crippen molar-refractivity contribution >= 4 is 37.2 Å². The number of benzene rings is 1. The minimum atomic E-state index is -4.68. The van der Waals surface area contributed by atoms with Gasteiger partial charge in [-0.25, -0.2) is 13.4 Å². The third-order valence-corrected chi connectivity index (χ3v) is 6.31. The van der Waals surface area contributed by atoms with Crippen molar-refractivity contribution in [1.82, 2.24) is 9.97 Å². The molecule has 0 radical (unpaired) electrons. The predicted octanol–water partition coefficient (Wildman–Crippen LogP) is 3.83. The molecule has 2 heterocycles. The number of piperidine rings is 1. The van der Waals surface area contributed by atoms with Crippen LogP contribution in [0.4, 0.5) is 30.6 Å². The van der Waals surface area contributed by atoms with Crippen molar-refractivity contribution < 1.29 is 26.7 Å². The van der Waals surface area contributed by atoms with Crippen molar-refractivity contribution in [2.45, 2.75) is 43.4 Å². The molecule has 1 aliphatic heterocycles. The molecule has 12 heteroatoms. The molecule has 1 saturated heterocycles. The first-order chi connectivity index (χ1) is 13.8. The zero-order valence-corrected chi connectivity index (χ0v) is 17.7. The molecule has 0 bridgehead atoms. The summed E-state index contributed by atoms with van der Waals surface area (Å²) in [6, 6.07) is 4.29. The van der Waals surface area contributed by atoms with Crippen LogP contribution >= 0.6 is 10.7 Å². The number of anilines is 3. The van der Waals surface area contributed by atoms with Crippen LogP contribution in [-0.2, 0) is 15.2 Å². The summed E-state index contributed by atoms with van der Waals surface area (Å²) in [5.41, 5.74) is -1.59. The summed E-state index contributed by atoms with van der Waals surface area (Å²) in [5.74, 6) is -0.491. The monoisotopic (exact) mass is 464 g/mol. The van der Waals surface area contributed by atoms with Crippen LogP contribution in [0.1, 0.15) is 30.9 Å². The van der Waals surface area contributed by atoms with Crippen LogP contribution in [0, 0.1) is 6.92 Å². The number of halogens is 4. The van der Waals surface area contributed by atoms with E-state index in [1.807, 2.05) is 0 Å². The first kappa shape index (κ1) is 22.6. The molecule has 1 aromatic heterocycles. The SMILES string of the molecule is Cc1c(Nc2ncc(C(F)(F)F)c(N3CCCC(C)(O)C3)n2)cccc1S(=O)(=O)Cl. The average molecular weight is 465 g/mol. The second-order valence-electron chi connectivity index (χ2n) is 7.44. The standard InChI is InChI=1S/C18H20ClF3N4O3S/c1-11-13(5-3-6-14(11)30(19,28)29)24-16-23-9-12(18(20,21)22)15(25-16)26-8-4-7-17(2,27)10-26/h3,5-6,9,27H,4,7-8,10H2,1-2H3,(H,23,24,25). The lowest BCUT2D eigenvalue weighted by Crippen LogP contribution is -2.47. The van der Waals surface area contributed by atoms with E-state index in [9.17, 15) is 26.7 Å². The molecule has 1 fully saturated rings. The minimum Gasteiger partial charge on any atom is -0.388 e. The van der Waals surface area contributed by atoms with Gasteiger partial charge in [-0.3, -0.25) is 0 Å². The van der Waals surface area contributed by atoms with Crippen LogP contribution < -0.4 is 10.2 Å². The zero-order valence-electron chi connectivity index (χ0n) is 16.2. The van der Waals surface area contributed by atoms with Crippen LogP contribution in [0.2, 0.25) is 0 Å². The fourth-order valence-corrected chi connectivity index (χ4v) is 4.63. The molecule has 1 aliphatic rings. The van der Waals surface area contributed by atoms with Gasteiger partial charge in [-0.2, -0.15) is 18.2 Å². The molecule has 30 heavy (non-hydrogen) atoms. The highest BCUT2D eigenvalue weighted by molar-refractivity contribution is 8.13. The molecular formula is C18H20ClF3N4O3S. The molecule has 3 rings (SSSR count). The molecule has 0 spiro atoms. The summed E-state index contributed by atoms with van der Waals surface area (Å²) in [4.78, 5) is 9.05. The second kappa shape index (κ2) is 7.86. The Hall–Kier alpha value is -2.11. The summed E-state index contributed by atoms with van der Waals surface area (Å²) in [6.07, 6.45) is -3.03. The number of nitrogens with one attached hydrogen (secondary N) is 1. The van der Waals surface area contributed by atoms with E-state index in [-0.39, 0.29) is 34.5 Å². The highest BCUT2D eigenvalue weighted by Crippen LogP contribution is 2.38. The third kappa shape index (κ3) is 4.96. The smallest absolute Gasteiger partial charge is 0.388 e. The maximum absolute atomic E-state index is 13.5. The van der Waals surface area contributed by atoms with Crippen LogP contribution in [0.25, 0.3) is 0 Å². The van der Waals surface area contributed by atoms with Gasteiger partial charge in [-0.05, 0) is 44.4 Å². The van der Waals surface area contributed by atoms with E-state index in [4.69, 9.17) is 10.7 Å². The van der Waals surface area contributed by atoms with Gasteiger partial charge in [0.25, 0.3) is 9.05 Å². The molecular weight excluding hydrogens is 445 g/mol. The lowest BCUT2D eigenvalue weighted by atomic mass is 9.95. The fraction of sp³-hybridized carbons (Fsp3) is 0.444. The molecule has 0 saturated carbocycles. The zero-order chi connectivity index (χ0) is 22.3. The predicted molar refractivity (Wildman–Crippen MR) is 107 cm³/mol. The lowest BCUT2D eigenvalue weighted by Gasteiger charge is -2.38. The molecule has 2 aromatic rings. The maximum atomic E-state index is 13.5. The van der Waals surface area contributed by atoms with Crippen LogP contribution in [-0.4, -0.2) is 42.2 Å². The topological polar surface area (TPSA) is 95.4 Å². The van der Waals surface area contributed by atoms with Gasteiger partial charge in [-0.15, -0.1) is 0 Å². The average Bonchev–Trinajstić information content (AvgIpc) is 2.60. The molecule has 1 unspecified atom stereocenters. The lowest BCUT2D eigenvalue weighted by molar-refractivity contribution is -0.137. The highest BCUT2D eigenvalue weighted by Gasteiger charge is 2.39. The molecule has 0 amide bonds. The Morgan fingerprint density at radius 2 is 2.03 bits per heavy atom. The number of nitrogens with zero attached hydrogens (tertiary/aromatic N) is 3. The van der Waals surface area contributed by atoms with Crippen LogP contribution in [0.3, 0.4) is 0 Å². The molecule has 1 atom stereocenters. The van der Waals surface area contributed by atoms with Gasteiger partial charge in [-0.1, -0.05) is 6.07 Å². The molecule has 0 aliphatic carbocycles. The summed E-state index contributed by atoms with van der Waals surface area (Å²) >= 11 is 0. The second-order valence-corrected chi connectivity index (χ2v) is 9.98. The molecule has 2 N–H and O–H groups in total.